The molecule has 0 fully saturated rings. The van der Waals surface area contributed by atoms with Crippen LogP contribution in [0.3, 0.4) is 0 Å². The van der Waals surface area contributed by atoms with Crippen LogP contribution >= 0.6 is 0 Å². The predicted molar refractivity (Wildman–Crippen MR) is 96.5 cm³/mol. The molecule has 0 amide bonds. The van der Waals surface area contributed by atoms with Gasteiger partial charge < -0.3 is 14.8 Å². The lowest BCUT2D eigenvalue weighted by atomic mass is 9.98. The Morgan fingerprint density at radius 2 is 2.16 bits per heavy atom. The van der Waals surface area contributed by atoms with Gasteiger partial charge in [-0.05, 0) is 35.7 Å². The van der Waals surface area contributed by atoms with Gasteiger partial charge in [-0.2, -0.15) is 0 Å². The van der Waals surface area contributed by atoms with Crippen molar-refractivity contribution in [3.63, 3.8) is 0 Å². The number of benzene rings is 2. The molecule has 0 aliphatic carbocycles. The number of aromatic amines is 1. The Hall–Kier alpha value is -2.79. The molecule has 0 bridgehead atoms. The number of fused-ring (bicyclic) bond motifs is 1. The highest BCUT2D eigenvalue weighted by atomic mass is 16.5. The van der Waals surface area contributed by atoms with Gasteiger partial charge in [0.2, 0.25) is 0 Å². The maximum atomic E-state index is 10.5. The summed E-state index contributed by atoms with van der Waals surface area (Å²) in [5.41, 5.74) is 4.33. The number of aromatic hydroxyl groups is 1. The van der Waals surface area contributed by atoms with E-state index in [1.165, 1.54) is 5.56 Å². The van der Waals surface area contributed by atoms with Gasteiger partial charge in [-0.1, -0.05) is 24.3 Å². The summed E-state index contributed by atoms with van der Waals surface area (Å²) in [7, 11) is 0. The van der Waals surface area contributed by atoms with Crippen molar-refractivity contribution < 1.29 is 9.84 Å². The number of phenols is 1. The number of phenolic OH excluding ortho intramolecular Hbond substituents is 1. The van der Waals surface area contributed by atoms with Gasteiger partial charge in [0.15, 0.2) is 11.5 Å². The Labute approximate surface area is 146 Å². The summed E-state index contributed by atoms with van der Waals surface area (Å²) < 4.78 is 5.83. The number of aromatic nitrogens is 2. The van der Waals surface area contributed by atoms with Crippen LogP contribution in [0.1, 0.15) is 17.0 Å². The van der Waals surface area contributed by atoms with Crippen LogP contribution in [0.5, 0.6) is 11.5 Å². The zero-order valence-corrected chi connectivity index (χ0v) is 14.2. The molecule has 5 heteroatoms. The van der Waals surface area contributed by atoms with E-state index in [1.54, 1.807) is 12.3 Å². The SMILES string of the molecule is Cc1ccccc1-c1cc(O)c2c(c1)CN(Cc1ncc[nH]1)CCO2. The van der Waals surface area contributed by atoms with Crippen LogP contribution in [-0.2, 0) is 13.1 Å². The molecular weight excluding hydrogens is 314 g/mol. The molecule has 4 rings (SSSR count). The summed E-state index contributed by atoms with van der Waals surface area (Å²) in [6, 6.07) is 12.1. The standard InChI is InChI=1S/C20H21N3O2/c1-14-4-2-3-5-17(14)15-10-16-12-23(13-19-21-6-7-22-19)8-9-25-20(16)18(24)11-15/h2-7,10-11,24H,8-9,12-13H2,1H3,(H,21,22). The molecule has 2 N–H and O–H groups in total. The van der Waals surface area contributed by atoms with Crippen molar-refractivity contribution in [3.8, 4) is 22.6 Å². The maximum absolute atomic E-state index is 10.5. The average molecular weight is 335 g/mol. The van der Waals surface area contributed by atoms with E-state index >= 15 is 0 Å². The molecule has 5 nitrogen and oxygen atoms in total. The molecule has 0 spiro atoms. The molecular formula is C20H21N3O2. The van der Waals surface area contributed by atoms with E-state index in [4.69, 9.17) is 4.74 Å². The first-order chi connectivity index (χ1) is 12.2. The second-order valence-electron chi connectivity index (χ2n) is 6.39. The van der Waals surface area contributed by atoms with Crippen molar-refractivity contribution in [1.29, 1.82) is 0 Å². The van der Waals surface area contributed by atoms with E-state index in [0.29, 0.717) is 18.9 Å². The van der Waals surface area contributed by atoms with Crippen molar-refractivity contribution >= 4 is 0 Å². The van der Waals surface area contributed by atoms with Crippen molar-refractivity contribution in [3.05, 3.63) is 65.7 Å². The highest BCUT2D eigenvalue weighted by Crippen LogP contribution is 2.38. The number of nitrogens with one attached hydrogen (secondary N) is 1. The fraction of sp³-hybridized carbons (Fsp3) is 0.250. The van der Waals surface area contributed by atoms with Crippen LogP contribution in [0, 0.1) is 6.92 Å². The number of ether oxygens (including phenoxy) is 1. The minimum absolute atomic E-state index is 0.204. The van der Waals surface area contributed by atoms with Gasteiger partial charge in [-0.15, -0.1) is 0 Å². The number of hydrogen-bond donors (Lipinski definition) is 2. The summed E-state index contributed by atoms with van der Waals surface area (Å²) in [4.78, 5) is 9.72. The third-order valence-electron chi connectivity index (χ3n) is 4.58. The van der Waals surface area contributed by atoms with E-state index in [2.05, 4.69) is 40.0 Å². The molecule has 25 heavy (non-hydrogen) atoms. The van der Waals surface area contributed by atoms with Crippen molar-refractivity contribution in [1.82, 2.24) is 14.9 Å². The molecule has 0 saturated carbocycles. The molecule has 3 aromatic rings. The first-order valence-corrected chi connectivity index (χ1v) is 8.46. The topological polar surface area (TPSA) is 61.4 Å². The Morgan fingerprint density at radius 1 is 1.28 bits per heavy atom. The second kappa shape index (κ2) is 6.61. The third-order valence-corrected chi connectivity index (χ3v) is 4.58. The first kappa shape index (κ1) is 15.7. The van der Waals surface area contributed by atoms with E-state index in [0.717, 1.165) is 35.6 Å². The van der Waals surface area contributed by atoms with Gasteiger partial charge in [0, 0.05) is 31.0 Å². The molecule has 128 valence electrons. The average Bonchev–Trinajstić information content (AvgIpc) is 3.01. The highest BCUT2D eigenvalue weighted by molar-refractivity contribution is 5.71. The molecule has 1 aliphatic heterocycles. The van der Waals surface area contributed by atoms with Gasteiger partial charge in [0.1, 0.15) is 12.4 Å². The minimum Gasteiger partial charge on any atom is -0.504 e. The smallest absolute Gasteiger partial charge is 0.165 e. The van der Waals surface area contributed by atoms with Crippen LogP contribution in [0.2, 0.25) is 0 Å². The number of nitrogens with zero attached hydrogens (tertiary/aromatic N) is 2. The fourth-order valence-electron chi connectivity index (χ4n) is 3.34. The van der Waals surface area contributed by atoms with Crippen LogP contribution in [0.4, 0.5) is 0 Å². The van der Waals surface area contributed by atoms with Crippen molar-refractivity contribution in [2.45, 2.75) is 20.0 Å². The second-order valence-corrected chi connectivity index (χ2v) is 6.39. The lowest BCUT2D eigenvalue weighted by Gasteiger charge is -2.18. The quantitative estimate of drug-likeness (QED) is 0.769. The Kier molecular flexibility index (Phi) is 4.15. The summed E-state index contributed by atoms with van der Waals surface area (Å²) in [5.74, 6) is 1.73. The first-order valence-electron chi connectivity index (χ1n) is 8.46. The van der Waals surface area contributed by atoms with Gasteiger partial charge in [0.05, 0.1) is 6.54 Å². The largest absolute Gasteiger partial charge is 0.504 e. The molecule has 1 aromatic heterocycles. The Balaban J connectivity index is 1.68. The monoisotopic (exact) mass is 335 g/mol. The zero-order chi connectivity index (χ0) is 17.2. The zero-order valence-electron chi connectivity index (χ0n) is 14.2. The predicted octanol–water partition coefficient (Wildman–Crippen LogP) is 3.49. The van der Waals surface area contributed by atoms with Crippen LogP contribution in [0.15, 0.2) is 48.8 Å². The van der Waals surface area contributed by atoms with E-state index in [-0.39, 0.29) is 5.75 Å². The number of aryl methyl sites for hydroxylation is 1. The number of rotatable bonds is 3. The maximum Gasteiger partial charge on any atom is 0.165 e. The fourth-order valence-corrected chi connectivity index (χ4v) is 3.34. The van der Waals surface area contributed by atoms with E-state index in [9.17, 15) is 5.11 Å². The lowest BCUT2D eigenvalue weighted by molar-refractivity contribution is 0.214. The van der Waals surface area contributed by atoms with Gasteiger partial charge in [-0.25, -0.2) is 4.98 Å². The van der Waals surface area contributed by atoms with Gasteiger partial charge >= 0.3 is 0 Å². The van der Waals surface area contributed by atoms with Crippen LogP contribution < -0.4 is 4.74 Å². The van der Waals surface area contributed by atoms with E-state index in [1.807, 2.05) is 18.3 Å². The molecule has 0 saturated heterocycles. The summed E-state index contributed by atoms with van der Waals surface area (Å²) in [6.07, 6.45) is 3.60. The molecule has 1 aliphatic rings. The summed E-state index contributed by atoms with van der Waals surface area (Å²) in [6.45, 7) is 4.85. The highest BCUT2D eigenvalue weighted by Gasteiger charge is 2.20. The number of hydrogen-bond acceptors (Lipinski definition) is 4. The van der Waals surface area contributed by atoms with E-state index < -0.39 is 0 Å². The molecule has 0 atom stereocenters. The van der Waals surface area contributed by atoms with Crippen molar-refractivity contribution in [2.75, 3.05) is 13.2 Å². The molecule has 2 aromatic carbocycles. The normalized spacial score (nSPS) is 14.6. The third kappa shape index (κ3) is 3.23. The molecule has 0 radical (unpaired) electrons. The summed E-state index contributed by atoms with van der Waals surface area (Å²) in [5, 5.41) is 10.5. The molecule has 0 unspecified atom stereocenters. The Morgan fingerprint density at radius 3 is 2.96 bits per heavy atom. The van der Waals surface area contributed by atoms with Crippen LogP contribution in [-0.4, -0.2) is 33.1 Å². The lowest BCUT2D eigenvalue weighted by Crippen LogP contribution is -2.25. The van der Waals surface area contributed by atoms with Crippen molar-refractivity contribution in [2.24, 2.45) is 0 Å². The number of imidazole rings is 1. The van der Waals surface area contributed by atoms with Gasteiger partial charge in [-0.3, -0.25) is 4.90 Å². The number of H-pyrrole nitrogens is 1. The minimum atomic E-state index is 0.204. The van der Waals surface area contributed by atoms with Gasteiger partial charge in [0.25, 0.3) is 0 Å². The Bertz CT molecular complexity index is 875. The van der Waals surface area contributed by atoms with Crippen LogP contribution in [0.25, 0.3) is 11.1 Å². The summed E-state index contributed by atoms with van der Waals surface area (Å²) >= 11 is 0. The molecule has 2 heterocycles.